The first kappa shape index (κ1) is 16.0. The van der Waals surface area contributed by atoms with E-state index in [0.717, 1.165) is 31.5 Å². The lowest BCUT2D eigenvalue weighted by atomic mass is 10.0. The van der Waals surface area contributed by atoms with Gasteiger partial charge in [0.2, 0.25) is 17.6 Å². The number of rotatable bonds is 6. The number of amides is 1. The Morgan fingerprint density at radius 2 is 2.39 bits per heavy atom. The van der Waals surface area contributed by atoms with Crippen molar-refractivity contribution in [3.8, 4) is 11.4 Å². The number of carbonyl (C=O) groups is 1. The van der Waals surface area contributed by atoms with E-state index >= 15 is 0 Å². The maximum atomic E-state index is 11.9. The van der Waals surface area contributed by atoms with Crippen molar-refractivity contribution >= 4 is 17.5 Å². The Kier molecular flexibility index (Phi) is 5.25. The molecular formula is C16H19ClN4O2. The Bertz CT molecular complexity index is 668. The van der Waals surface area contributed by atoms with Gasteiger partial charge in [-0.25, -0.2) is 0 Å². The van der Waals surface area contributed by atoms with Crippen molar-refractivity contribution in [2.24, 2.45) is 5.92 Å². The molecule has 1 saturated heterocycles. The highest BCUT2D eigenvalue weighted by Gasteiger charge is 2.16. The Balaban J connectivity index is 1.48. The van der Waals surface area contributed by atoms with Crippen molar-refractivity contribution in [3.63, 3.8) is 0 Å². The van der Waals surface area contributed by atoms with Crippen LogP contribution in [0.15, 0.2) is 28.8 Å². The molecule has 3 rings (SSSR count). The van der Waals surface area contributed by atoms with Crippen molar-refractivity contribution in [3.05, 3.63) is 35.2 Å². The van der Waals surface area contributed by atoms with E-state index in [9.17, 15) is 4.79 Å². The minimum absolute atomic E-state index is 0.0133. The third-order valence-electron chi connectivity index (χ3n) is 3.93. The minimum atomic E-state index is 0.0133. The second kappa shape index (κ2) is 7.57. The van der Waals surface area contributed by atoms with Gasteiger partial charge in [-0.3, -0.25) is 4.79 Å². The number of nitrogens with zero attached hydrogens (tertiary/aromatic N) is 2. The van der Waals surface area contributed by atoms with Crippen LogP contribution in [-0.4, -0.2) is 29.1 Å². The molecule has 1 fully saturated rings. The molecule has 0 aliphatic carbocycles. The molecule has 0 saturated carbocycles. The molecule has 1 aromatic heterocycles. The van der Waals surface area contributed by atoms with Crippen LogP contribution in [0.1, 0.15) is 25.2 Å². The van der Waals surface area contributed by atoms with E-state index in [0.29, 0.717) is 29.1 Å². The zero-order valence-corrected chi connectivity index (χ0v) is 13.5. The summed E-state index contributed by atoms with van der Waals surface area (Å²) >= 11 is 5.95. The maximum Gasteiger partial charge on any atom is 0.246 e. The molecule has 1 amide bonds. The van der Waals surface area contributed by atoms with Crippen LogP contribution in [0.5, 0.6) is 0 Å². The molecule has 2 heterocycles. The SMILES string of the molecule is O=C(CCC1CCNC1)NCc1nc(-c2cccc(Cl)c2)no1. The standard InChI is InChI=1S/C16H19ClN4O2/c17-13-3-1-2-12(8-13)16-20-15(23-21-16)10-19-14(22)5-4-11-6-7-18-9-11/h1-3,8,11,18H,4-7,9-10H2,(H,19,22). The van der Waals surface area contributed by atoms with Gasteiger partial charge < -0.3 is 15.2 Å². The molecule has 23 heavy (non-hydrogen) atoms. The average molecular weight is 335 g/mol. The van der Waals surface area contributed by atoms with Crippen LogP contribution in [0, 0.1) is 5.92 Å². The normalized spacial score (nSPS) is 17.3. The average Bonchev–Trinajstić information content (AvgIpc) is 3.22. The molecule has 0 spiro atoms. The lowest BCUT2D eigenvalue weighted by Gasteiger charge is -2.07. The fourth-order valence-corrected chi connectivity index (χ4v) is 2.82. The van der Waals surface area contributed by atoms with E-state index in [4.69, 9.17) is 16.1 Å². The maximum absolute atomic E-state index is 11.9. The van der Waals surface area contributed by atoms with Crippen LogP contribution in [0.2, 0.25) is 5.02 Å². The molecule has 6 nitrogen and oxygen atoms in total. The van der Waals surface area contributed by atoms with Gasteiger partial charge in [0.15, 0.2) is 0 Å². The van der Waals surface area contributed by atoms with Gasteiger partial charge in [0, 0.05) is 17.0 Å². The predicted molar refractivity (Wildman–Crippen MR) is 86.8 cm³/mol. The third kappa shape index (κ3) is 4.53. The summed E-state index contributed by atoms with van der Waals surface area (Å²) in [6, 6.07) is 7.23. The summed E-state index contributed by atoms with van der Waals surface area (Å²) in [5.74, 6) is 1.47. The highest BCUT2D eigenvalue weighted by molar-refractivity contribution is 6.30. The predicted octanol–water partition coefficient (Wildman–Crippen LogP) is 2.40. The minimum Gasteiger partial charge on any atom is -0.347 e. The number of hydrogen-bond donors (Lipinski definition) is 2. The van der Waals surface area contributed by atoms with Crippen molar-refractivity contribution in [2.75, 3.05) is 13.1 Å². The lowest BCUT2D eigenvalue weighted by molar-refractivity contribution is -0.121. The van der Waals surface area contributed by atoms with Gasteiger partial charge >= 0.3 is 0 Å². The molecule has 2 N–H and O–H groups in total. The highest BCUT2D eigenvalue weighted by atomic mass is 35.5. The molecule has 1 unspecified atom stereocenters. The molecule has 1 atom stereocenters. The lowest BCUT2D eigenvalue weighted by Crippen LogP contribution is -2.23. The monoisotopic (exact) mass is 334 g/mol. The number of aromatic nitrogens is 2. The Labute approximate surface area is 139 Å². The molecule has 1 aliphatic rings. The quantitative estimate of drug-likeness (QED) is 0.848. The fraction of sp³-hybridized carbons (Fsp3) is 0.438. The molecule has 2 aromatic rings. The van der Waals surface area contributed by atoms with Crippen molar-refractivity contribution in [1.29, 1.82) is 0 Å². The fourth-order valence-electron chi connectivity index (χ4n) is 2.63. The second-order valence-corrected chi connectivity index (χ2v) is 6.13. The first-order valence-corrected chi connectivity index (χ1v) is 8.14. The topological polar surface area (TPSA) is 80.0 Å². The third-order valence-corrected chi connectivity index (χ3v) is 4.16. The van der Waals surface area contributed by atoms with Crippen LogP contribution in [0.4, 0.5) is 0 Å². The van der Waals surface area contributed by atoms with Gasteiger partial charge in [0.25, 0.3) is 0 Å². The van der Waals surface area contributed by atoms with Crippen LogP contribution >= 0.6 is 11.6 Å². The molecular weight excluding hydrogens is 316 g/mol. The first-order valence-electron chi connectivity index (χ1n) is 7.76. The number of carbonyl (C=O) groups excluding carboxylic acids is 1. The zero-order valence-electron chi connectivity index (χ0n) is 12.7. The van der Waals surface area contributed by atoms with E-state index < -0.39 is 0 Å². The van der Waals surface area contributed by atoms with Gasteiger partial charge in [0.05, 0.1) is 6.54 Å². The second-order valence-electron chi connectivity index (χ2n) is 5.70. The summed E-state index contributed by atoms with van der Waals surface area (Å²) < 4.78 is 5.16. The van der Waals surface area contributed by atoms with Gasteiger partial charge in [-0.1, -0.05) is 28.9 Å². The Hall–Kier alpha value is -1.92. The van der Waals surface area contributed by atoms with E-state index in [1.165, 1.54) is 0 Å². The van der Waals surface area contributed by atoms with E-state index in [1.54, 1.807) is 12.1 Å². The Morgan fingerprint density at radius 1 is 1.48 bits per heavy atom. The number of nitrogens with one attached hydrogen (secondary N) is 2. The van der Waals surface area contributed by atoms with E-state index in [2.05, 4.69) is 20.8 Å². The summed E-state index contributed by atoms with van der Waals surface area (Å²) in [6.07, 6.45) is 2.60. The molecule has 1 aliphatic heterocycles. The summed E-state index contributed by atoms with van der Waals surface area (Å²) in [6.45, 7) is 2.32. The van der Waals surface area contributed by atoms with Crippen LogP contribution in [-0.2, 0) is 11.3 Å². The smallest absolute Gasteiger partial charge is 0.246 e. The summed E-state index contributed by atoms with van der Waals surface area (Å²) in [4.78, 5) is 16.1. The van der Waals surface area contributed by atoms with Crippen molar-refractivity contribution < 1.29 is 9.32 Å². The van der Waals surface area contributed by atoms with Crippen LogP contribution in [0.25, 0.3) is 11.4 Å². The number of benzene rings is 1. The molecule has 122 valence electrons. The van der Waals surface area contributed by atoms with Crippen LogP contribution < -0.4 is 10.6 Å². The van der Waals surface area contributed by atoms with Crippen molar-refractivity contribution in [2.45, 2.75) is 25.8 Å². The summed E-state index contributed by atoms with van der Waals surface area (Å²) in [5.41, 5.74) is 0.785. The molecule has 0 bridgehead atoms. The summed E-state index contributed by atoms with van der Waals surface area (Å²) in [5, 5.41) is 10.6. The molecule has 1 aromatic carbocycles. The van der Waals surface area contributed by atoms with Gasteiger partial charge in [0.1, 0.15) is 0 Å². The first-order chi connectivity index (χ1) is 11.2. The van der Waals surface area contributed by atoms with Gasteiger partial charge in [-0.2, -0.15) is 4.98 Å². The Morgan fingerprint density at radius 3 is 3.17 bits per heavy atom. The largest absolute Gasteiger partial charge is 0.347 e. The highest BCUT2D eigenvalue weighted by Crippen LogP contribution is 2.20. The van der Waals surface area contributed by atoms with Crippen molar-refractivity contribution in [1.82, 2.24) is 20.8 Å². The summed E-state index contributed by atoms with van der Waals surface area (Å²) in [7, 11) is 0. The van der Waals surface area contributed by atoms with E-state index in [-0.39, 0.29) is 12.5 Å². The van der Waals surface area contributed by atoms with E-state index in [1.807, 2.05) is 12.1 Å². The molecule has 0 radical (unpaired) electrons. The van der Waals surface area contributed by atoms with Gasteiger partial charge in [-0.15, -0.1) is 0 Å². The molecule has 7 heteroatoms. The number of hydrogen-bond acceptors (Lipinski definition) is 5. The van der Waals surface area contributed by atoms with Gasteiger partial charge in [-0.05, 0) is 44.0 Å². The number of halogens is 1. The zero-order chi connectivity index (χ0) is 16.1. The van der Waals surface area contributed by atoms with Crippen LogP contribution in [0.3, 0.4) is 0 Å².